The van der Waals surface area contributed by atoms with Crippen LogP contribution >= 0.6 is 11.8 Å². The molecule has 0 bridgehead atoms. The van der Waals surface area contributed by atoms with Gasteiger partial charge in [-0.3, -0.25) is 4.79 Å². The Balaban J connectivity index is 2.16. The number of benzene rings is 1. The summed E-state index contributed by atoms with van der Waals surface area (Å²) < 4.78 is 0. The molecular weight excluding hydrogens is 270 g/mol. The highest BCUT2D eigenvalue weighted by Crippen LogP contribution is 2.18. The Labute approximate surface area is 123 Å². The number of anilines is 2. The van der Waals surface area contributed by atoms with Gasteiger partial charge in [0.1, 0.15) is 5.82 Å². The number of rotatable bonds is 4. The van der Waals surface area contributed by atoms with Gasteiger partial charge in [0.2, 0.25) is 0 Å². The first-order valence-electron chi connectivity index (χ1n) is 6.24. The van der Waals surface area contributed by atoms with Crippen LogP contribution in [0.2, 0.25) is 0 Å². The van der Waals surface area contributed by atoms with Crippen LogP contribution in [0.5, 0.6) is 0 Å². The molecule has 0 aliphatic heterocycles. The number of nitrogens with zero attached hydrogens (tertiary/aromatic N) is 1. The van der Waals surface area contributed by atoms with Gasteiger partial charge < -0.3 is 10.6 Å². The first-order valence-corrected chi connectivity index (χ1v) is 7.46. The van der Waals surface area contributed by atoms with Crippen LogP contribution in [0.3, 0.4) is 0 Å². The van der Waals surface area contributed by atoms with Gasteiger partial charge in [-0.2, -0.15) is 0 Å². The summed E-state index contributed by atoms with van der Waals surface area (Å²) >= 11 is 1.67. The Bertz CT molecular complexity index is 611. The summed E-state index contributed by atoms with van der Waals surface area (Å²) in [7, 11) is 1.78. The first-order chi connectivity index (χ1) is 9.62. The number of hydrogen-bond acceptors (Lipinski definition) is 4. The van der Waals surface area contributed by atoms with E-state index in [9.17, 15) is 4.79 Å². The summed E-state index contributed by atoms with van der Waals surface area (Å²) in [6, 6.07) is 11.3. The molecule has 0 aliphatic rings. The second-order valence-electron chi connectivity index (χ2n) is 4.32. The highest BCUT2D eigenvalue weighted by molar-refractivity contribution is 7.98. The van der Waals surface area contributed by atoms with Crippen molar-refractivity contribution in [1.82, 2.24) is 4.98 Å². The lowest BCUT2D eigenvalue weighted by molar-refractivity contribution is 0.102. The molecule has 0 spiro atoms. The fourth-order valence-corrected chi connectivity index (χ4v) is 2.21. The van der Waals surface area contributed by atoms with Crippen LogP contribution < -0.4 is 10.6 Å². The molecule has 0 aliphatic carbocycles. The lowest BCUT2D eigenvalue weighted by Gasteiger charge is -2.08. The predicted octanol–water partition coefficient (Wildman–Crippen LogP) is 3.41. The third-order valence-corrected chi connectivity index (χ3v) is 3.56. The van der Waals surface area contributed by atoms with Crippen molar-refractivity contribution in [3.8, 4) is 0 Å². The number of carbonyl (C=O) groups is 1. The average Bonchev–Trinajstić information content (AvgIpc) is 2.47. The lowest BCUT2D eigenvalue weighted by Crippen LogP contribution is -2.13. The van der Waals surface area contributed by atoms with E-state index in [1.165, 1.54) is 4.90 Å². The SMILES string of the molecule is CNc1cc(C(=O)Nc2ccc(SC)cc2)cc(C)n1. The predicted molar refractivity (Wildman–Crippen MR) is 84.7 cm³/mol. The minimum absolute atomic E-state index is 0.135. The fraction of sp³-hybridized carbons (Fsp3) is 0.200. The van der Waals surface area contributed by atoms with E-state index in [1.807, 2.05) is 37.4 Å². The number of thioether (sulfide) groups is 1. The van der Waals surface area contributed by atoms with Crippen molar-refractivity contribution in [2.45, 2.75) is 11.8 Å². The summed E-state index contributed by atoms with van der Waals surface area (Å²) in [4.78, 5) is 17.7. The van der Waals surface area contributed by atoms with Crippen LogP contribution in [0, 0.1) is 6.92 Å². The smallest absolute Gasteiger partial charge is 0.255 e. The molecule has 1 amide bonds. The summed E-state index contributed by atoms with van der Waals surface area (Å²) in [6.07, 6.45) is 2.02. The average molecular weight is 287 g/mol. The van der Waals surface area contributed by atoms with Crippen molar-refractivity contribution < 1.29 is 4.79 Å². The van der Waals surface area contributed by atoms with Gasteiger partial charge in [0.05, 0.1) is 0 Å². The quantitative estimate of drug-likeness (QED) is 0.846. The number of aromatic nitrogens is 1. The molecule has 5 heteroatoms. The molecule has 1 heterocycles. The molecule has 0 saturated carbocycles. The van der Waals surface area contributed by atoms with E-state index in [0.717, 1.165) is 11.4 Å². The maximum Gasteiger partial charge on any atom is 0.255 e. The molecular formula is C15H17N3OS. The zero-order valence-electron chi connectivity index (χ0n) is 11.7. The summed E-state index contributed by atoms with van der Waals surface area (Å²) in [5, 5.41) is 5.83. The number of nitrogens with one attached hydrogen (secondary N) is 2. The number of pyridine rings is 1. The summed E-state index contributed by atoms with van der Waals surface area (Å²) in [5.74, 6) is 0.553. The summed E-state index contributed by atoms with van der Waals surface area (Å²) in [5.41, 5.74) is 2.18. The van der Waals surface area contributed by atoms with Gasteiger partial charge in [0, 0.05) is 28.9 Å². The molecule has 2 aromatic rings. The Hall–Kier alpha value is -2.01. The Morgan fingerprint density at radius 2 is 1.90 bits per heavy atom. The largest absolute Gasteiger partial charge is 0.373 e. The van der Waals surface area contributed by atoms with Crippen LogP contribution in [0.25, 0.3) is 0 Å². The molecule has 0 unspecified atom stereocenters. The monoisotopic (exact) mass is 287 g/mol. The standard InChI is InChI=1S/C15H17N3OS/c1-10-8-11(9-14(16-2)17-10)15(19)18-12-4-6-13(20-3)7-5-12/h4-9H,1-3H3,(H,16,17)(H,18,19). The molecule has 0 atom stereocenters. The van der Waals surface area contributed by atoms with Crippen LogP contribution in [0.4, 0.5) is 11.5 Å². The second-order valence-corrected chi connectivity index (χ2v) is 5.19. The Morgan fingerprint density at radius 3 is 2.50 bits per heavy atom. The van der Waals surface area contributed by atoms with E-state index < -0.39 is 0 Å². The number of amides is 1. The van der Waals surface area contributed by atoms with E-state index in [4.69, 9.17) is 0 Å². The van der Waals surface area contributed by atoms with Gasteiger partial charge in [-0.15, -0.1) is 11.8 Å². The third-order valence-electron chi connectivity index (χ3n) is 2.82. The van der Waals surface area contributed by atoms with Gasteiger partial charge >= 0.3 is 0 Å². The topological polar surface area (TPSA) is 54.0 Å². The zero-order valence-corrected chi connectivity index (χ0v) is 12.5. The number of hydrogen-bond donors (Lipinski definition) is 2. The molecule has 0 fully saturated rings. The van der Waals surface area contributed by atoms with Crippen molar-refractivity contribution in [2.24, 2.45) is 0 Å². The molecule has 0 radical (unpaired) electrons. The fourth-order valence-electron chi connectivity index (χ4n) is 1.81. The molecule has 2 rings (SSSR count). The normalized spacial score (nSPS) is 10.2. The van der Waals surface area contributed by atoms with Gasteiger partial charge in [-0.05, 0) is 49.6 Å². The van der Waals surface area contributed by atoms with Crippen LogP contribution in [0.1, 0.15) is 16.1 Å². The molecule has 1 aromatic carbocycles. The van der Waals surface area contributed by atoms with Crippen molar-refractivity contribution in [3.63, 3.8) is 0 Å². The highest BCUT2D eigenvalue weighted by atomic mass is 32.2. The van der Waals surface area contributed by atoms with Crippen LogP contribution in [-0.2, 0) is 0 Å². The van der Waals surface area contributed by atoms with E-state index in [2.05, 4.69) is 15.6 Å². The van der Waals surface area contributed by atoms with E-state index >= 15 is 0 Å². The number of aryl methyl sites for hydroxylation is 1. The maximum atomic E-state index is 12.2. The Morgan fingerprint density at radius 1 is 1.20 bits per heavy atom. The second kappa shape index (κ2) is 6.43. The maximum absolute atomic E-state index is 12.2. The van der Waals surface area contributed by atoms with Crippen LogP contribution in [-0.4, -0.2) is 24.2 Å². The minimum Gasteiger partial charge on any atom is -0.373 e. The van der Waals surface area contributed by atoms with E-state index in [0.29, 0.717) is 11.4 Å². The van der Waals surface area contributed by atoms with Crippen molar-refractivity contribution in [1.29, 1.82) is 0 Å². The number of carbonyl (C=O) groups excluding carboxylic acids is 1. The Kier molecular flexibility index (Phi) is 4.63. The van der Waals surface area contributed by atoms with Crippen molar-refractivity contribution >= 4 is 29.2 Å². The minimum atomic E-state index is -0.135. The van der Waals surface area contributed by atoms with Gasteiger partial charge in [-0.1, -0.05) is 0 Å². The first kappa shape index (κ1) is 14.4. The van der Waals surface area contributed by atoms with E-state index in [1.54, 1.807) is 30.9 Å². The van der Waals surface area contributed by atoms with Gasteiger partial charge in [0.25, 0.3) is 5.91 Å². The molecule has 0 saturated heterocycles. The van der Waals surface area contributed by atoms with Gasteiger partial charge in [0.15, 0.2) is 0 Å². The zero-order chi connectivity index (χ0) is 14.5. The van der Waals surface area contributed by atoms with Crippen molar-refractivity contribution in [3.05, 3.63) is 47.7 Å². The summed E-state index contributed by atoms with van der Waals surface area (Å²) in [6.45, 7) is 1.87. The lowest BCUT2D eigenvalue weighted by atomic mass is 10.2. The van der Waals surface area contributed by atoms with Gasteiger partial charge in [-0.25, -0.2) is 4.98 Å². The molecule has 2 N–H and O–H groups in total. The molecule has 104 valence electrons. The third kappa shape index (κ3) is 3.51. The van der Waals surface area contributed by atoms with E-state index in [-0.39, 0.29) is 5.91 Å². The molecule has 20 heavy (non-hydrogen) atoms. The van der Waals surface area contributed by atoms with Crippen molar-refractivity contribution in [2.75, 3.05) is 23.9 Å². The van der Waals surface area contributed by atoms with Crippen LogP contribution in [0.15, 0.2) is 41.3 Å². The molecule has 4 nitrogen and oxygen atoms in total. The molecule has 1 aromatic heterocycles. The highest BCUT2D eigenvalue weighted by Gasteiger charge is 2.08.